The molecule has 0 radical (unpaired) electrons. The van der Waals surface area contributed by atoms with Gasteiger partial charge in [-0.3, -0.25) is 10.1 Å². The van der Waals surface area contributed by atoms with Crippen LogP contribution < -0.4 is 10.1 Å². The topological polar surface area (TPSA) is 64.1 Å². The fraction of sp³-hybridized carbons (Fsp3) is 0.125. The lowest BCUT2D eigenvalue weighted by molar-refractivity contribution is -0.118. The van der Waals surface area contributed by atoms with Gasteiger partial charge in [-0.2, -0.15) is 0 Å². The predicted octanol–water partition coefficient (Wildman–Crippen LogP) is 5.82. The van der Waals surface area contributed by atoms with Crippen LogP contribution in [-0.4, -0.2) is 22.7 Å². The zero-order valence-electron chi connectivity index (χ0n) is 16.9. The molecular weight excluding hydrogens is 426 g/mol. The molecule has 0 spiro atoms. The molecule has 1 N–H and O–H groups in total. The Balaban J connectivity index is 1.31. The lowest BCUT2D eigenvalue weighted by Crippen LogP contribution is -2.20. The summed E-state index contributed by atoms with van der Waals surface area (Å²) in [5.41, 5.74) is 4.45. The molecule has 4 rings (SSSR count). The molecule has 0 saturated heterocycles. The van der Waals surface area contributed by atoms with E-state index in [1.165, 1.54) is 22.5 Å². The molecule has 0 unspecified atom stereocenters. The minimum atomic E-state index is -0.269. The number of aromatic nitrogens is 2. The number of hydrogen-bond donors (Lipinski definition) is 1. The van der Waals surface area contributed by atoms with Crippen molar-refractivity contribution >= 4 is 34.1 Å². The summed E-state index contributed by atoms with van der Waals surface area (Å²) in [7, 11) is 0. The number of nitrogens with one attached hydrogen (secondary N) is 1. The Morgan fingerprint density at radius 2 is 1.71 bits per heavy atom. The molecule has 1 heterocycles. The van der Waals surface area contributed by atoms with Crippen molar-refractivity contribution in [2.45, 2.75) is 17.0 Å². The van der Waals surface area contributed by atoms with Gasteiger partial charge in [0.05, 0.1) is 0 Å². The van der Waals surface area contributed by atoms with Gasteiger partial charge in [0.2, 0.25) is 5.13 Å². The van der Waals surface area contributed by atoms with Gasteiger partial charge in [-0.15, -0.1) is 10.2 Å². The van der Waals surface area contributed by atoms with Gasteiger partial charge in [0, 0.05) is 11.3 Å². The number of aryl methyl sites for hydroxylation is 1. The number of rotatable bonds is 8. The molecule has 0 aliphatic heterocycles. The lowest BCUT2D eigenvalue weighted by Gasteiger charge is -2.11. The maximum atomic E-state index is 12.4. The second-order valence-electron chi connectivity index (χ2n) is 6.85. The molecule has 0 bridgehead atoms. The first-order chi connectivity index (χ1) is 15.2. The highest BCUT2D eigenvalue weighted by molar-refractivity contribution is 8.00. The molecular formula is C24H21N3O2S2. The zero-order valence-corrected chi connectivity index (χ0v) is 18.6. The predicted molar refractivity (Wildman–Crippen MR) is 127 cm³/mol. The lowest BCUT2D eigenvalue weighted by atomic mass is 10.1. The monoisotopic (exact) mass is 447 g/mol. The van der Waals surface area contributed by atoms with E-state index in [9.17, 15) is 4.79 Å². The summed E-state index contributed by atoms with van der Waals surface area (Å²) >= 11 is 2.96. The number of carbonyl (C=O) groups excluding carboxylic acids is 1. The summed E-state index contributed by atoms with van der Waals surface area (Å²) in [5, 5.41) is 11.4. The van der Waals surface area contributed by atoms with E-state index in [1.54, 1.807) is 11.8 Å². The van der Waals surface area contributed by atoms with Crippen molar-refractivity contribution in [1.82, 2.24) is 10.2 Å². The summed E-state index contributed by atoms with van der Waals surface area (Å²) in [6.07, 6.45) is 0. The minimum absolute atomic E-state index is 0.102. The van der Waals surface area contributed by atoms with Crippen LogP contribution in [0.1, 0.15) is 11.1 Å². The Bertz CT molecular complexity index is 1140. The number of benzene rings is 3. The summed E-state index contributed by atoms with van der Waals surface area (Å²) in [6, 6.07) is 26.0. The quantitative estimate of drug-likeness (QED) is 0.272. The highest BCUT2D eigenvalue weighted by atomic mass is 32.2. The zero-order chi connectivity index (χ0) is 21.5. The van der Waals surface area contributed by atoms with E-state index in [-0.39, 0.29) is 12.5 Å². The van der Waals surface area contributed by atoms with Crippen LogP contribution in [0, 0.1) is 6.92 Å². The van der Waals surface area contributed by atoms with Gasteiger partial charge in [-0.25, -0.2) is 0 Å². The fourth-order valence-electron chi connectivity index (χ4n) is 2.90. The Hall–Kier alpha value is -3.16. The molecule has 0 aliphatic rings. The SMILES string of the molecule is Cc1ccc(CSc2nnc(NC(=O)COc3ccccc3-c3ccccc3)s2)cc1. The third kappa shape index (κ3) is 5.93. The van der Waals surface area contributed by atoms with Gasteiger partial charge < -0.3 is 4.74 Å². The Kier molecular flexibility index (Phi) is 6.96. The second-order valence-corrected chi connectivity index (χ2v) is 9.05. The molecule has 1 amide bonds. The van der Waals surface area contributed by atoms with Crippen molar-refractivity contribution in [3.8, 4) is 16.9 Å². The molecule has 0 aliphatic carbocycles. The molecule has 0 saturated carbocycles. The number of ether oxygens (including phenoxy) is 1. The van der Waals surface area contributed by atoms with E-state index >= 15 is 0 Å². The Labute approximate surface area is 189 Å². The van der Waals surface area contributed by atoms with E-state index in [2.05, 4.69) is 46.7 Å². The van der Waals surface area contributed by atoms with Crippen LogP contribution in [-0.2, 0) is 10.5 Å². The van der Waals surface area contributed by atoms with Crippen molar-refractivity contribution < 1.29 is 9.53 Å². The second kappa shape index (κ2) is 10.2. The van der Waals surface area contributed by atoms with Gasteiger partial charge in [0.1, 0.15) is 5.75 Å². The number of anilines is 1. The van der Waals surface area contributed by atoms with E-state index in [4.69, 9.17) is 4.74 Å². The molecule has 7 heteroatoms. The highest BCUT2D eigenvalue weighted by Gasteiger charge is 2.11. The van der Waals surface area contributed by atoms with E-state index < -0.39 is 0 Å². The van der Waals surface area contributed by atoms with Crippen LogP contribution in [0.15, 0.2) is 83.2 Å². The van der Waals surface area contributed by atoms with Gasteiger partial charge in [0.25, 0.3) is 5.91 Å². The maximum absolute atomic E-state index is 12.4. The van der Waals surface area contributed by atoms with Crippen LogP contribution in [0.25, 0.3) is 11.1 Å². The number of amides is 1. The van der Waals surface area contributed by atoms with Gasteiger partial charge >= 0.3 is 0 Å². The van der Waals surface area contributed by atoms with E-state index in [1.807, 2.05) is 54.6 Å². The number of para-hydroxylation sites is 1. The summed E-state index contributed by atoms with van der Waals surface area (Å²) in [6.45, 7) is 1.97. The van der Waals surface area contributed by atoms with Crippen molar-refractivity contribution in [2.24, 2.45) is 0 Å². The van der Waals surface area contributed by atoms with Gasteiger partial charge in [0.15, 0.2) is 10.9 Å². The van der Waals surface area contributed by atoms with Crippen molar-refractivity contribution in [2.75, 3.05) is 11.9 Å². The Morgan fingerprint density at radius 3 is 2.52 bits per heavy atom. The largest absolute Gasteiger partial charge is 0.483 e. The van der Waals surface area contributed by atoms with Crippen LogP contribution in [0.2, 0.25) is 0 Å². The number of nitrogens with zero attached hydrogens (tertiary/aromatic N) is 2. The number of thioether (sulfide) groups is 1. The summed E-state index contributed by atoms with van der Waals surface area (Å²) in [5.74, 6) is 1.20. The number of carbonyl (C=O) groups is 1. The first-order valence-electron chi connectivity index (χ1n) is 9.76. The normalized spacial score (nSPS) is 10.6. The van der Waals surface area contributed by atoms with Crippen molar-refractivity contribution in [3.63, 3.8) is 0 Å². The van der Waals surface area contributed by atoms with Crippen LogP contribution in [0.3, 0.4) is 0 Å². The first kappa shape index (κ1) is 21.1. The molecule has 31 heavy (non-hydrogen) atoms. The molecule has 3 aromatic carbocycles. The van der Waals surface area contributed by atoms with Crippen molar-refractivity contribution in [1.29, 1.82) is 0 Å². The fourth-order valence-corrected chi connectivity index (χ4v) is 4.62. The molecule has 4 aromatic rings. The van der Waals surface area contributed by atoms with Crippen molar-refractivity contribution in [3.05, 3.63) is 90.0 Å². The first-order valence-corrected chi connectivity index (χ1v) is 11.6. The Morgan fingerprint density at radius 1 is 0.968 bits per heavy atom. The summed E-state index contributed by atoms with van der Waals surface area (Å²) < 4.78 is 6.60. The third-order valence-corrected chi connectivity index (χ3v) is 6.51. The van der Waals surface area contributed by atoms with Crippen LogP contribution in [0.5, 0.6) is 5.75 Å². The number of hydrogen-bond acceptors (Lipinski definition) is 6. The molecule has 156 valence electrons. The smallest absolute Gasteiger partial charge is 0.264 e. The summed E-state index contributed by atoms with van der Waals surface area (Å²) in [4.78, 5) is 12.4. The van der Waals surface area contributed by atoms with Crippen LogP contribution >= 0.6 is 23.1 Å². The van der Waals surface area contributed by atoms with E-state index in [0.717, 1.165) is 21.2 Å². The average molecular weight is 448 g/mol. The third-order valence-electron chi connectivity index (χ3n) is 4.47. The van der Waals surface area contributed by atoms with Gasteiger partial charge in [-0.05, 0) is 24.1 Å². The molecule has 0 atom stereocenters. The maximum Gasteiger partial charge on any atom is 0.264 e. The minimum Gasteiger partial charge on any atom is -0.483 e. The van der Waals surface area contributed by atoms with Crippen LogP contribution in [0.4, 0.5) is 5.13 Å². The molecule has 1 aromatic heterocycles. The average Bonchev–Trinajstić information content (AvgIpc) is 3.25. The standard InChI is InChI=1S/C24H21N3O2S2/c1-17-11-13-18(14-12-17)16-30-24-27-26-23(31-24)25-22(28)15-29-21-10-6-5-9-20(21)19-7-3-2-4-8-19/h2-14H,15-16H2,1H3,(H,25,26,28). The highest BCUT2D eigenvalue weighted by Crippen LogP contribution is 2.30. The van der Waals surface area contributed by atoms with E-state index in [0.29, 0.717) is 10.9 Å². The molecule has 5 nitrogen and oxygen atoms in total. The van der Waals surface area contributed by atoms with Gasteiger partial charge in [-0.1, -0.05) is 101 Å². The molecule has 0 fully saturated rings.